The molecule has 1 saturated heterocycles. The molecule has 1 N–H and O–H groups in total. The monoisotopic (exact) mass is 158 g/mol. The third-order valence-corrected chi connectivity index (χ3v) is 2.26. The lowest BCUT2D eigenvalue weighted by Crippen LogP contribution is -2.13. The van der Waals surface area contributed by atoms with Crippen molar-refractivity contribution < 1.29 is 9.84 Å². The van der Waals surface area contributed by atoms with Crippen LogP contribution in [0.15, 0.2) is 0 Å². The van der Waals surface area contributed by atoms with E-state index in [1.165, 1.54) is 6.42 Å². The largest absolute Gasteiger partial charge is 0.396 e. The van der Waals surface area contributed by atoms with Gasteiger partial charge in [0.25, 0.3) is 0 Å². The van der Waals surface area contributed by atoms with E-state index in [0.29, 0.717) is 17.9 Å². The molecule has 11 heavy (non-hydrogen) atoms. The molecule has 2 heteroatoms. The molecule has 1 aliphatic heterocycles. The van der Waals surface area contributed by atoms with E-state index in [0.717, 1.165) is 13.0 Å². The minimum atomic E-state index is 0.286. The molecule has 66 valence electrons. The van der Waals surface area contributed by atoms with Gasteiger partial charge in [-0.05, 0) is 24.7 Å². The van der Waals surface area contributed by atoms with Gasteiger partial charge < -0.3 is 9.84 Å². The molecule has 3 unspecified atom stereocenters. The van der Waals surface area contributed by atoms with Gasteiger partial charge in [0.15, 0.2) is 0 Å². The Bertz CT molecular complexity index is 114. The van der Waals surface area contributed by atoms with Gasteiger partial charge in [-0.3, -0.25) is 0 Å². The van der Waals surface area contributed by atoms with Crippen molar-refractivity contribution in [1.82, 2.24) is 0 Å². The molecule has 0 spiro atoms. The lowest BCUT2D eigenvalue weighted by molar-refractivity contribution is 0.0783. The maximum absolute atomic E-state index is 8.81. The van der Waals surface area contributed by atoms with Crippen LogP contribution in [-0.4, -0.2) is 24.4 Å². The molecule has 2 nitrogen and oxygen atoms in total. The molecule has 0 radical (unpaired) electrons. The average molecular weight is 158 g/mol. The molecule has 0 bridgehead atoms. The molecule has 0 aromatic carbocycles. The summed E-state index contributed by atoms with van der Waals surface area (Å²) in [6.45, 7) is 5.47. The summed E-state index contributed by atoms with van der Waals surface area (Å²) in [5.41, 5.74) is 0. The number of aliphatic hydroxyl groups is 1. The van der Waals surface area contributed by atoms with E-state index in [9.17, 15) is 0 Å². The summed E-state index contributed by atoms with van der Waals surface area (Å²) in [5, 5.41) is 8.81. The fraction of sp³-hybridized carbons (Fsp3) is 1.00. The van der Waals surface area contributed by atoms with Crippen molar-refractivity contribution in [1.29, 1.82) is 0 Å². The van der Waals surface area contributed by atoms with Crippen LogP contribution in [0.25, 0.3) is 0 Å². The lowest BCUT2D eigenvalue weighted by atomic mass is 9.99. The Morgan fingerprint density at radius 2 is 2.36 bits per heavy atom. The topological polar surface area (TPSA) is 29.5 Å². The Morgan fingerprint density at radius 1 is 1.64 bits per heavy atom. The summed E-state index contributed by atoms with van der Waals surface area (Å²) in [4.78, 5) is 0. The molecule has 1 rings (SSSR count). The van der Waals surface area contributed by atoms with Crippen LogP contribution in [-0.2, 0) is 4.74 Å². The Hall–Kier alpha value is -0.0800. The zero-order chi connectivity index (χ0) is 8.27. The van der Waals surface area contributed by atoms with Crippen LogP contribution < -0.4 is 0 Å². The first-order valence-corrected chi connectivity index (χ1v) is 4.44. The first-order valence-electron chi connectivity index (χ1n) is 4.44. The van der Waals surface area contributed by atoms with Crippen molar-refractivity contribution in [2.45, 2.75) is 32.8 Å². The van der Waals surface area contributed by atoms with Crippen LogP contribution in [0.3, 0.4) is 0 Å². The van der Waals surface area contributed by atoms with E-state index in [-0.39, 0.29) is 6.61 Å². The van der Waals surface area contributed by atoms with E-state index in [1.807, 2.05) is 0 Å². The Morgan fingerprint density at radius 3 is 2.82 bits per heavy atom. The summed E-state index contributed by atoms with van der Waals surface area (Å²) in [7, 11) is 0. The second kappa shape index (κ2) is 4.07. The third-order valence-electron chi connectivity index (χ3n) is 2.26. The zero-order valence-electron chi connectivity index (χ0n) is 7.42. The van der Waals surface area contributed by atoms with Crippen LogP contribution in [0.4, 0.5) is 0 Å². The molecule has 1 aliphatic rings. The smallest absolute Gasteiger partial charge is 0.0582 e. The van der Waals surface area contributed by atoms with E-state index in [2.05, 4.69) is 13.8 Å². The highest BCUT2D eigenvalue weighted by molar-refractivity contribution is 4.72. The summed E-state index contributed by atoms with van der Waals surface area (Å²) in [5.74, 6) is 1.11. The highest BCUT2D eigenvalue weighted by Gasteiger charge is 2.23. The zero-order valence-corrected chi connectivity index (χ0v) is 7.42. The second-order valence-corrected chi connectivity index (χ2v) is 3.82. The fourth-order valence-corrected chi connectivity index (χ4v) is 1.57. The van der Waals surface area contributed by atoms with Crippen molar-refractivity contribution in [2.75, 3.05) is 13.2 Å². The summed E-state index contributed by atoms with van der Waals surface area (Å²) >= 11 is 0. The molecule has 0 amide bonds. The molecule has 0 aromatic rings. The van der Waals surface area contributed by atoms with E-state index in [1.54, 1.807) is 0 Å². The molecule has 0 aliphatic carbocycles. The highest BCUT2D eigenvalue weighted by Crippen LogP contribution is 2.23. The number of hydrogen-bond donors (Lipinski definition) is 1. The Kier molecular flexibility index (Phi) is 3.34. The molecule has 0 saturated carbocycles. The van der Waals surface area contributed by atoms with Gasteiger partial charge in [-0.2, -0.15) is 0 Å². The van der Waals surface area contributed by atoms with Crippen LogP contribution in [0.1, 0.15) is 26.7 Å². The number of hydrogen-bond acceptors (Lipinski definition) is 2. The highest BCUT2D eigenvalue weighted by atomic mass is 16.5. The van der Waals surface area contributed by atoms with E-state index in [4.69, 9.17) is 9.84 Å². The van der Waals surface area contributed by atoms with Crippen molar-refractivity contribution in [2.24, 2.45) is 11.8 Å². The summed E-state index contributed by atoms with van der Waals surface area (Å²) in [6.07, 6.45) is 2.60. The van der Waals surface area contributed by atoms with Gasteiger partial charge in [0, 0.05) is 13.2 Å². The standard InChI is InChI=1S/C9H18O2/c1-7(5-10)3-9-4-8(2)6-11-9/h7-10H,3-6H2,1-2H3. The summed E-state index contributed by atoms with van der Waals surface area (Å²) < 4.78 is 5.53. The SMILES string of the molecule is CC(CO)CC1CC(C)CO1. The lowest BCUT2D eigenvalue weighted by Gasteiger charge is -2.13. The quantitative estimate of drug-likeness (QED) is 0.673. The van der Waals surface area contributed by atoms with Crippen molar-refractivity contribution in [3.8, 4) is 0 Å². The van der Waals surface area contributed by atoms with Crippen molar-refractivity contribution >= 4 is 0 Å². The first-order chi connectivity index (χ1) is 5.22. The normalized spacial score (nSPS) is 34.1. The number of rotatable bonds is 3. The molecule has 1 fully saturated rings. The fourth-order valence-electron chi connectivity index (χ4n) is 1.57. The van der Waals surface area contributed by atoms with Gasteiger partial charge in [0.1, 0.15) is 0 Å². The summed E-state index contributed by atoms with van der Waals surface area (Å²) in [6, 6.07) is 0. The minimum absolute atomic E-state index is 0.286. The third kappa shape index (κ3) is 2.80. The predicted molar refractivity (Wildman–Crippen MR) is 44.4 cm³/mol. The van der Waals surface area contributed by atoms with Gasteiger partial charge in [0.2, 0.25) is 0 Å². The first kappa shape index (κ1) is 9.01. The predicted octanol–water partition coefficient (Wildman–Crippen LogP) is 1.43. The molecule has 1 heterocycles. The van der Waals surface area contributed by atoms with Crippen LogP contribution in [0, 0.1) is 11.8 Å². The molecular weight excluding hydrogens is 140 g/mol. The van der Waals surface area contributed by atoms with Crippen molar-refractivity contribution in [3.63, 3.8) is 0 Å². The van der Waals surface area contributed by atoms with Crippen molar-refractivity contribution in [3.05, 3.63) is 0 Å². The van der Waals surface area contributed by atoms with Crippen LogP contribution in [0.5, 0.6) is 0 Å². The average Bonchev–Trinajstić information content (AvgIpc) is 2.35. The Balaban J connectivity index is 2.17. The van der Waals surface area contributed by atoms with Gasteiger partial charge >= 0.3 is 0 Å². The number of aliphatic hydroxyl groups excluding tert-OH is 1. The molecule has 0 aromatic heterocycles. The molecular formula is C9H18O2. The second-order valence-electron chi connectivity index (χ2n) is 3.82. The van der Waals surface area contributed by atoms with E-state index < -0.39 is 0 Å². The van der Waals surface area contributed by atoms with Crippen LogP contribution >= 0.6 is 0 Å². The van der Waals surface area contributed by atoms with E-state index >= 15 is 0 Å². The Labute approximate surface area is 68.6 Å². The van der Waals surface area contributed by atoms with Gasteiger partial charge in [-0.15, -0.1) is 0 Å². The van der Waals surface area contributed by atoms with Crippen LogP contribution in [0.2, 0.25) is 0 Å². The maximum atomic E-state index is 8.81. The van der Waals surface area contributed by atoms with Gasteiger partial charge in [-0.1, -0.05) is 13.8 Å². The molecule has 3 atom stereocenters. The van der Waals surface area contributed by atoms with Gasteiger partial charge in [-0.25, -0.2) is 0 Å². The van der Waals surface area contributed by atoms with Gasteiger partial charge in [0.05, 0.1) is 6.10 Å². The minimum Gasteiger partial charge on any atom is -0.396 e. The number of ether oxygens (including phenoxy) is 1. The maximum Gasteiger partial charge on any atom is 0.0582 e.